The van der Waals surface area contributed by atoms with Gasteiger partial charge in [0.05, 0.1) is 20.3 Å². The maximum atomic E-state index is 12.8. The summed E-state index contributed by atoms with van der Waals surface area (Å²) in [6, 6.07) is 1.95. The number of unbranched alkanes of at least 4 members (excludes halogenated alkanes) is 1. The molecule has 0 aliphatic carbocycles. The molecule has 0 fully saturated rings. The third kappa shape index (κ3) is 2.80. The number of carbonyl (C=O) groups excluding carboxylic acids is 1. The number of nitrogens with zero attached hydrogens (tertiary/aromatic N) is 2. The second-order valence-electron chi connectivity index (χ2n) is 5.22. The van der Waals surface area contributed by atoms with Gasteiger partial charge < -0.3 is 10.0 Å². The molecule has 0 aromatic carbocycles. The van der Waals surface area contributed by atoms with E-state index in [2.05, 4.69) is 10.2 Å². The second kappa shape index (κ2) is 6.85. The Bertz CT molecular complexity index is 652. The van der Waals surface area contributed by atoms with Gasteiger partial charge in [0.2, 0.25) is 0 Å². The number of hydrogen-bond acceptors (Lipinski definition) is 5. The summed E-state index contributed by atoms with van der Waals surface area (Å²) < 4.78 is 1.08. The number of aliphatic hydroxyl groups excluding tert-OH is 1. The molecular weight excluding hydrogens is 318 g/mol. The summed E-state index contributed by atoms with van der Waals surface area (Å²) in [7, 11) is 0. The van der Waals surface area contributed by atoms with Crippen molar-refractivity contribution in [1.29, 1.82) is 0 Å². The van der Waals surface area contributed by atoms with Crippen LogP contribution in [0.1, 0.15) is 28.8 Å². The van der Waals surface area contributed by atoms with Crippen molar-refractivity contribution in [3.63, 3.8) is 0 Å². The van der Waals surface area contributed by atoms with Crippen LogP contribution in [0.3, 0.4) is 0 Å². The van der Waals surface area contributed by atoms with Crippen LogP contribution in [0.15, 0.2) is 16.5 Å². The van der Waals surface area contributed by atoms with Crippen LogP contribution in [0.25, 0.3) is 10.6 Å². The van der Waals surface area contributed by atoms with Crippen molar-refractivity contribution in [2.45, 2.75) is 23.5 Å². The molecule has 2 aromatic rings. The number of amides is 1. The van der Waals surface area contributed by atoms with Crippen molar-refractivity contribution >= 4 is 29.0 Å². The first-order valence-corrected chi connectivity index (χ1v) is 9.40. The van der Waals surface area contributed by atoms with Gasteiger partial charge in [-0.2, -0.15) is 5.10 Å². The van der Waals surface area contributed by atoms with E-state index in [4.69, 9.17) is 5.11 Å². The van der Waals surface area contributed by atoms with Crippen LogP contribution in [-0.4, -0.2) is 52.1 Å². The van der Waals surface area contributed by atoms with Gasteiger partial charge in [-0.05, 0) is 37.1 Å². The van der Waals surface area contributed by atoms with Gasteiger partial charge in [-0.25, -0.2) is 0 Å². The van der Waals surface area contributed by atoms with E-state index >= 15 is 0 Å². The molecule has 0 saturated heterocycles. The van der Waals surface area contributed by atoms with Crippen molar-refractivity contribution in [2.75, 3.05) is 26.0 Å². The Morgan fingerprint density at radius 2 is 2.36 bits per heavy atom. The molecule has 1 aliphatic heterocycles. The number of thiophene rings is 1. The van der Waals surface area contributed by atoms with Crippen molar-refractivity contribution in [3.05, 3.63) is 23.4 Å². The third-order valence-corrected chi connectivity index (χ3v) is 6.26. The SMILES string of the molecule is CSc1sc(-c2ccn[nH]2)c2c1C(=O)N(CCCCO)CC2. The highest BCUT2D eigenvalue weighted by atomic mass is 32.2. The molecule has 0 bridgehead atoms. The van der Waals surface area contributed by atoms with Gasteiger partial charge in [-0.15, -0.1) is 23.1 Å². The fourth-order valence-electron chi connectivity index (χ4n) is 2.77. The lowest BCUT2D eigenvalue weighted by atomic mass is 10.0. The number of fused-ring (bicyclic) bond motifs is 1. The highest BCUT2D eigenvalue weighted by Gasteiger charge is 2.31. The molecule has 0 radical (unpaired) electrons. The Hall–Kier alpha value is -1.31. The zero-order valence-corrected chi connectivity index (χ0v) is 14.1. The first-order chi connectivity index (χ1) is 10.8. The molecule has 0 saturated carbocycles. The summed E-state index contributed by atoms with van der Waals surface area (Å²) in [5.41, 5.74) is 3.02. The molecule has 3 heterocycles. The number of aromatic nitrogens is 2. The van der Waals surface area contributed by atoms with E-state index in [-0.39, 0.29) is 12.5 Å². The molecule has 2 N–H and O–H groups in total. The summed E-state index contributed by atoms with van der Waals surface area (Å²) in [5.74, 6) is 0.130. The zero-order chi connectivity index (χ0) is 15.5. The minimum Gasteiger partial charge on any atom is -0.396 e. The fourth-order valence-corrected chi connectivity index (χ4v) is 4.82. The quantitative estimate of drug-likeness (QED) is 0.628. The number of thioether (sulfide) groups is 1. The molecule has 0 unspecified atom stereocenters. The predicted molar refractivity (Wildman–Crippen MR) is 89.6 cm³/mol. The summed E-state index contributed by atoms with van der Waals surface area (Å²) in [4.78, 5) is 15.9. The number of aliphatic hydroxyl groups is 1. The van der Waals surface area contributed by atoms with Gasteiger partial charge >= 0.3 is 0 Å². The fraction of sp³-hybridized carbons (Fsp3) is 0.467. The van der Waals surface area contributed by atoms with Gasteiger partial charge in [0.1, 0.15) is 0 Å². The van der Waals surface area contributed by atoms with Crippen molar-refractivity contribution < 1.29 is 9.90 Å². The van der Waals surface area contributed by atoms with Gasteiger partial charge in [-0.3, -0.25) is 9.89 Å². The highest BCUT2D eigenvalue weighted by Crippen LogP contribution is 2.42. The summed E-state index contributed by atoms with van der Waals surface area (Å²) in [6.07, 6.45) is 6.23. The Labute approximate surface area is 137 Å². The zero-order valence-electron chi connectivity index (χ0n) is 12.5. The number of carbonyl (C=O) groups is 1. The molecule has 0 spiro atoms. The summed E-state index contributed by atoms with van der Waals surface area (Å²) in [5, 5.41) is 15.9. The first kappa shape index (κ1) is 15.6. The minimum atomic E-state index is 0.130. The maximum Gasteiger partial charge on any atom is 0.256 e. The van der Waals surface area contributed by atoms with E-state index < -0.39 is 0 Å². The van der Waals surface area contributed by atoms with E-state index in [0.29, 0.717) is 0 Å². The Morgan fingerprint density at radius 3 is 3.05 bits per heavy atom. The normalized spacial score (nSPS) is 14.5. The summed E-state index contributed by atoms with van der Waals surface area (Å²) in [6.45, 7) is 1.66. The maximum absolute atomic E-state index is 12.8. The number of nitrogens with one attached hydrogen (secondary N) is 1. The van der Waals surface area contributed by atoms with E-state index in [9.17, 15) is 4.79 Å². The molecule has 22 heavy (non-hydrogen) atoms. The third-order valence-electron chi connectivity index (χ3n) is 3.87. The number of aromatic amines is 1. The standard InChI is InChI=1S/C15H19N3O2S2/c1-21-15-12-10(13(22-15)11-4-6-16-17-11)5-8-18(14(12)20)7-2-3-9-19/h4,6,19H,2-3,5,7-9H2,1H3,(H,16,17). The van der Waals surface area contributed by atoms with Crippen LogP contribution in [-0.2, 0) is 6.42 Å². The Balaban J connectivity index is 1.91. The lowest BCUT2D eigenvalue weighted by Gasteiger charge is -2.28. The number of H-pyrrole nitrogens is 1. The second-order valence-corrected chi connectivity index (χ2v) is 7.32. The topological polar surface area (TPSA) is 69.2 Å². The van der Waals surface area contributed by atoms with E-state index in [1.54, 1.807) is 29.3 Å². The van der Waals surface area contributed by atoms with Crippen LogP contribution in [0.5, 0.6) is 0 Å². The van der Waals surface area contributed by atoms with Crippen LogP contribution in [0.4, 0.5) is 0 Å². The lowest BCUT2D eigenvalue weighted by molar-refractivity contribution is 0.0731. The molecular formula is C15H19N3O2S2. The largest absolute Gasteiger partial charge is 0.396 e. The van der Waals surface area contributed by atoms with E-state index in [1.807, 2.05) is 17.2 Å². The predicted octanol–water partition coefficient (Wildman–Crippen LogP) is 2.63. The molecule has 5 nitrogen and oxygen atoms in total. The molecule has 1 aliphatic rings. The lowest BCUT2D eigenvalue weighted by Crippen LogP contribution is -2.38. The van der Waals surface area contributed by atoms with Gasteiger partial charge in [-0.1, -0.05) is 0 Å². The summed E-state index contributed by atoms with van der Waals surface area (Å²) >= 11 is 3.30. The van der Waals surface area contributed by atoms with E-state index in [0.717, 1.165) is 58.3 Å². The average molecular weight is 337 g/mol. The minimum absolute atomic E-state index is 0.130. The van der Waals surface area contributed by atoms with Crippen LogP contribution in [0.2, 0.25) is 0 Å². The van der Waals surface area contributed by atoms with Crippen LogP contribution in [0, 0.1) is 0 Å². The molecule has 118 valence electrons. The molecule has 1 amide bonds. The van der Waals surface area contributed by atoms with Gasteiger partial charge in [0.25, 0.3) is 5.91 Å². The van der Waals surface area contributed by atoms with E-state index in [1.165, 1.54) is 0 Å². The molecule has 3 rings (SSSR count). The van der Waals surface area contributed by atoms with Crippen molar-refractivity contribution in [1.82, 2.24) is 15.1 Å². The first-order valence-electron chi connectivity index (χ1n) is 7.35. The molecule has 0 atom stereocenters. The monoisotopic (exact) mass is 337 g/mol. The van der Waals surface area contributed by atoms with Crippen molar-refractivity contribution in [3.8, 4) is 10.6 Å². The number of rotatable bonds is 6. The number of hydrogen-bond donors (Lipinski definition) is 2. The van der Waals surface area contributed by atoms with Crippen molar-refractivity contribution in [2.24, 2.45) is 0 Å². The highest BCUT2D eigenvalue weighted by molar-refractivity contribution is 8.00. The Kier molecular flexibility index (Phi) is 4.85. The molecule has 7 heteroatoms. The average Bonchev–Trinajstić information content (AvgIpc) is 3.16. The Morgan fingerprint density at radius 1 is 1.50 bits per heavy atom. The van der Waals surface area contributed by atoms with Crippen LogP contribution >= 0.6 is 23.1 Å². The molecule has 2 aromatic heterocycles. The smallest absolute Gasteiger partial charge is 0.256 e. The van der Waals surface area contributed by atoms with Gasteiger partial charge in [0, 0.05) is 25.9 Å². The van der Waals surface area contributed by atoms with Crippen LogP contribution < -0.4 is 0 Å². The van der Waals surface area contributed by atoms with Gasteiger partial charge in [0.15, 0.2) is 0 Å².